The summed E-state index contributed by atoms with van der Waals surface area (Å²) >= 11 is 0. The first-order chi connectivity index (χ1) is 14.8. The topological polar surface area (TPSA) is 114 Å². The molecule has 2 heterocycles. The number of nitrogens with zero attached hydrogens (tertiary/aromatic N) is 2. The van der Waals surface area contributed by atoms with Gasteiger partial charge in [0.05, 0.1) is 26.1 Å². The molecule has 0 radical (unpaired) electrons. The van der Waals surface area contributed by atoms with Gasteiger partial charge in [0, 0.05) is 51.9 Å². The first-order valence-corrected chi connectivity index (χ1v) is 13.3. The molecule has 2 aliphatic rings. The molecule has 3 rings (SSSR count). The molecule has 1 atom stereocenters. The van der Waals surface area contributed by atoms with Crippen molar-refractivity contribution >= 4 is 20.0 Å². The third kappa shape index (κ3) is 5.88. The summed E-state index contributed by atoms with van der Waals surface area (Å²) in [5.41, 5.74) is 0. The van der Waals surface area contributed by atoms with Gasteiger partial charge in [-0.1, -0.05) is 0 Å². The van der Waals surface area contributed by atoms with E-state index in [1.807, 2.05) is 0 Å². The Morgan fingerprint density at radius 2 is 1.90 bits per heavy atom. The average Bonchev–Trinajstić information content (AvgIpc) is 3.30. The van der Waals surface area contributed by atoms with Gasteiger partial charge >= 0.3 is 0 Å². The van der Waals surface area contributed by atoms with E-state index >= 15 is 0 Å². The summed E-state index contributed by atoms with van der Waals surface area (Å²) in [6.07, 6.45) is 1.31. The summed E-state index contributed by atoms with van der Waals surface area (Å²) in [4.78, 5) is -0.0630. The number of rotatable bonds is 10. The first-order valence-electron chi connectivity index (χ1n) is 10.3. The minimum atomic E-state index is -4.06. The van der Waals surface area contributed by atoms with Crippen LogP contribution in [0.4, 0.5) is 0 Å². The van der Waals surface area contributed by atoms with E-state index < -0.39 is 20.0 Å². The summed E-state index contributed by atoms with van der Waals surface area (Å²) in [5, 5.41) is 3.11. The number of ether oxygens (including phenoxy) is 3. The minimum Gasteiger partial charge on any atom is -0.497 e. The Morgan fingerprint density at radius 1 is 1.16 bits per heavy atom. The minimum absolute atomic E-state index is 0.0630. The van der Waals surface area contributed by atoms with Crippen LogP contribution in [-0.4, -0.2) is 97.4 Å². The summed E-state index contributed by atoms with van der Waals surface area (Å²) in [6, 6.07) is 4.52. The van der Waals surface area contributed by atoms with Crippen molar-refractivity contribution in [3.8, 4) is 11.5 Å². The monoisotopic (exact) mass is 477 g/mol. The SMILES string of the molecule is COc1ccc(OC)c(S(=O)(=O)N(CCS(=O)(=O)N2CCNCC2)CC2CCCO2)c1. The molecule has 0 bridgehead atoms. The smallest absolute Gasteiger partial charge is 0.247 e. The highest BCUT2D eigenvalue weighted by molar-refractivity contribution is 7.90. The predicted octanol–water partition coefficient (Wildman–Crippen LogP) is 0.109. The maximum Gasteiger partial charge on any atom is 0.247 e. The lowest BCUT2D eigenvalue weighted by atomic mass is 10.2. The predicted molar refractivity (Wildman–Crippen MR) is 116 cm³/mol. The van der Waals surface area contributed by atoms with Crippen LogP contribution >= 0.6 is 0 Å². The fourth-order valence-electron chi connectivity index (χ4n) is 3.72. The van der Waals surface area contributed by atoms with Gasteiger partial charge in [0.25, 0.3) is 0 Å². The average molecular weight is 478 g/mol. The number of nitrogens with one attached hydrogen (secondary N) is 1. The van der Waals surface area contributed by atoms with E-state index in [1.165, 1.54) is 35.0 Å². The summed E-state index contributed by atoms with van der Waals surface area (Å²) in [5.74, 6) is 0.235. The molecule has 2 saturated heterocycles. The molecule has 31 heavy (non-hydrogen) atoms. The first kappa shape index (κ1) is 24.2. The van der Waals surface area contributed by atoms with Crippen LogP contribution in [0.1, 0.15) is 12.8 Å². The Kier molecular flexibility index (Phi) is 8.16. The van der Waals surface area contributed by atoms with Crippen molar-refractivity contribution in [3.05, 3.63) is 18.2 Å². The third-order valence-electron chi connectivity index (χ3n) is 5.49. The maximum absolute atomic E-state index is 13.6. The molecule has 2 aliphatic heterocycles. The van der Waals surface area contributed by atoms with Crippen LogP contribution in [0.15, 0.2) is 23.1 Å². The zero-order valence-electron chi connectivity index (χ0n) is 17.9. The van der Waals surface area contributed by atoms with Crippen LogP contribution in [0.3, 0.4) is 0 Å². The maximum atomic E-state index is 13.6. The fraction of sp³-hybridized carbons (Fsp3) is 0.684. The summed E-state index contributed by atoms with van der Waals surface area (Å²) in [7, 11) is -4.82. The Bertz CT molecular complexity index is 941. The van der Waals surface area contributed by atoms with Crippen LogP contribution < -0.4 is 14.8 Å². The zero-order chi connectivity index (χ0) is 22.5. The van der Waals surface area contributed by atoms with Crippen molar-refractivity contribution in [1.29, 1.82) is 0 Å². The molecule has 1 unspecified atom stereocenters. The van der Waals surface area contributed by atoms with Gasteiger partial charge < -0.3 is 19.5 Å². The number of hydrogen-bond acceptors (Lipinski definition) is 8. The van der Waals surface area contributed by atoms with Crippen LogP contribution in [0.2, 0.25) is 0 Å². The molecular weight excluding hydrogens is 446 g/mol. The second-order valence-corrected chi connectivity index (χ2v) is 11.5. The molecule has 1 aromatic rings. The van der Waals surface area contributed by atoms with Crippen LogP contribution in [0, 0.1) is 0 Å². The van der Waals surface area contributed by atoms with E-state index in [4.69, 9.17) is 14.2 Å². The molecule has 0 saturated carbocycles. The lowest BCUT2D eigenvalue weighted by Gasteiger charge is -2.29. The van der Waals surface area contributed by atoms with Crippen molar-refractivity contribution in [2.24, 2.45) is 0 Å². The van der Waals surface area contributed by atoms with Crippen molar-refractivity contribution in [3.63, 3.8) is 0 Å². The summed E-state index contributed by atoms with van der Waals surface area (Å²) < 4.78 is 71.5. The highest BCUT2D eigenvalue weighted by Gasteiger charge is 2.34. The van der Waals surface area contributed by atoms with Crippen molar-refractivity contribution in [2.45, 2.75) is 23.8 Å². The molecular formula is C19H31N3O7S2. The Hall–Kier alpha value is -1.44. The number of benzene rings is 1. The van der Waals surface area contributed by atoms with E-state index in [-0.39, 0.29) is 35.6 Å². The molecule has 0 aliphatic carbocycles. The van der Waals surface area contributed by atoms with E-state index in [0.717, 1.165) is 12.8 Å². The van der Waals surface area contributed by atoms with Crippen LogP contribution in [0.25, 0.3) is 0 Å². The molecule has 1 N–H and O–H groups in total. The number of piperazine rings is 1. The summed E-state index contributed by atoms with van der Waals surface area (Å²) in [6.45, 7) is 2.40. The molecule has 0 spiro atoms. The quantitative estimate of drug-likeness (QED) is 0.505. The highest BCUT2D eigenvalue weighted by atomic mass is 32.2. The second kappa shape index (κ2) is 10.5. The normalized spacial score (nSPS) is 20.8. The molecule has 0 aromatic heterocycles. The van der Waals surface area contributed by atoms with Crippen molar-refractivity contribution in [1.82, 2.24) is 13.9 Å². The lowest BCUT2D eigenvalue weighted by Crippen LogP contribution is -2.49. The Labute approximate surface area is 184 Å². The number of sulfonamides is 2. The molecule has 2 fully saturated rings. The largest absolute Gasteiger partial charge is 0.497 e. The van der Waals surface area contributed by atoms with Gasteiger partial charge in [-0.15, -0.1) is 0 Å². The van der Waals surface area contributed by atoms with Gasteiger partial charge in [-0.3, -0.25) is 0 Å². The number of hydrogen-bond donors (Lipinski definition) is 1. The zero-order valence-corrected chi connectivity index (χ0v) is 19.6. The second-order valence-electron chi connectivity index (χ2n) is 7.48. The van der Waals surface area contributed by atoms with E-state index in [2.05, 4.69) is 5.32 Å². The van der Waals surface area contributed by atoms with E-state index in [1.54, 1.807) is 6.07 Å². The van der Waals surface area contributed by atoms with Gasteiger partial charge in [-0.25, -0.2) is 16.8 Å². The van der Waals surface area contributed by atoms with Crippen LogP contribution in [0.5, 0.6) is 11.5 Å². The van der Waals surface area contributed by atoms with Gasteiger partial charge in [-0.05, 0) is 25.0 Å². The van der Waals surface area contributed by atoms with Crippen molar-refractivity contribution < 1.29 is 31.0 Å². The molecule has 12 heteroatoms. The number of methoxy groups -OCH3 is 2. The standard InChI is InChI=1S/C19H31N3O7S2/c1-27-16-5-6-18(28-2)19(14-16)31(25,26)22(15-17-4-3-12-29-17)11-13-30(23,24)21-9-7-20-8-10-21/h5-6,14,17,20H,3-4,7-13,15H2,1-2H3. The molecule has 1 aromatic carbocycles. The van der Waals surface area contributed by atoms with Crippen molar-refractivity contribution in [2.75, 3.05) is 65.8 Å². The molecule has 10 nitrogen and oxygen atoms in total. The van der Waals surface area contributed by atoms with Gasteiger partial charge in [0.1, 0.15) is 16.4 Å². The third-order valence-corrected chi connectivity index (χ3v) is 9.22. The fourth-order valence-corrected chi connectivity index (χ4v) is 6.93. The Balaban J connectivity index is 1.87. The highest BCUT2D eigenvalue weighted by Crippen LogP contribution is 2.31. The molecule has 176 valence electrons. The van der Waals surface area contributed by atoms with Gasteiger partial charge in [0.2, 0.25) is 20.0 Å². The van der Waals surface area contributed by atoms with E-state index in [9.17, 15) is 16.8 Å². The Morgan fingerprint density at radius 3 is 2.52 bits per heavy atom. The van der Waals surface area contributed by atoms with Gasteiger partial charge in [-0.2, -0.15) is 8.61 Å². The molecule has 0 amide bonds. The lowest BCUT2D eigenvalue weighted by molar-refractivity contribution is 0.0947. The van der Waals surface area contributed by atoms with Gasteiger partial charge in [0.15, 0.2) is 0 Å². The van der Waals surface area contributed by atoms with Crippen LogP contribution in [-0.2, 0) is 24.8 Å². The van der Waals surface area contributed by atoms with E-state index in [0.29, 0.717) is 38.5 Å².